The van der Waals surface area contributed by atoms with Gasteiger partial charge in [-0.05, 0) is 31.9 Å². The van der Waals surface area contributed by atoms with Crippen molar-refractivity contribution in [3.8, 4) is 0 Å². The molecular formula is C12H19NO. The van der Waals surface area contributed by atoms with Crippen LogP contribution < -0.4 is 5.32 Å². The van der Waals surface area contributed by atoms with Crippen molar-refractivity contribution in [1.82, 2.24) is 5.32 Å². The molecule has 2 nitrogen and oxygen atoms in total. The molecule has 0 saturated carbocycles. The molecule has 0 atom stereocenters. The summed E-state index contributed by atoms with van der Waals surface area (Å²) in [6.45, 7) is 7.43. The molecule has 0 amide bonds. The molecule has 0 aliphatic carbocycles. The average Bonchev–Trinajstić information content (AvgIpc) is 2.14. The first-order valence-electron chi connectivity index (χ1n) is 4.95. The lowest BCUT2D eigenvalue weighted by Crippen LogP contribution is -2.35. The molecule has 0 fully saturated rings. The van der Waals surface area contributed by atoms with Crippen molar-refractivity contribution in [3.05, 3.63) is 35.4 Å². The smallest absolute Gasteiger partial charge is 0.0681 e. The van der Waals surface area contributed by atoms with Gasteiger partial charge in [0.05, 0.1) is 6.61 Å². The molecule has 0 spiro atoms. The quantitative estimate of drug-likeness (QED) is 0.770. The highest BCUT2D eigenvalue weighted by Crippen LogP contribution is 2.06. The van der Waals surface area contributed by atoms with E-state index in [4.69, 9.17) is 5.11 Å². The van der Waals surface area contributed by atoms with E-state index < -0.39 is 0 Å². The molecule has 78 valence electrons. The van der Waals surface area contributed by atoms with Gasteiger partial charge in [-0.25, -0.2) is 0 Å². The van der Waals surface area contributed by atoms with E-state index in [9.17, 15) is 0 Å². The zero-order valence-electron chi connectivity index (χ0n) is 9.17. The van der Waals surface area contributed by atoms with E-state index in [1.807, 2.05) is 24.3 Å². The van der Waals surface area contributed by atoms with Crippen LogP contribution in [-0.2, 0) is 13.2 Å². The highest BCUT2D eigenvalue weighted by Gasteiger charge is 2.07. The van der Waals surface area contributed by atoms with E-state index in [-0.39, 0.29) is 12.1 Å². The van der Waals surface area contributed by atoms with E-state index in [0.717, 1.165) is 12.1 Å². The second-order valence-electron chi connectivity index (χ2n) is 4.58. The zero-order chi connectivity index (χ0) is 10.6. The predicted octanol–water partition coefficient (Wildman–Crippen LogP) is 2.07. The summed E-state index contributed by atoms with van der Waals surface area (Å²) in [7, 11) is 0. The maximum Gasteiger partial charge on any atom is 0.0681 e. The summed E-state index contributed by atoms with van der Waals surface area (Å²) >= 11 is 0. The molecule has 0 bridgehead atoms. The van der Waals surface area contributed by atoms with Crippen LogP contribution in [0.15, 0.2) is 24.3 Å². The van der Waals surface area contributed by atoms with Crippen molar-refractivity contribution in [1.29, 1.82) is 0 Å². The second kappa shape index (κ2) is 4.58. The maximum absolute atomic E-state index is 8.87. The standard InChI is InChI=1S/C12H19NO/c1-12(2,3)13-8-10-4-6-11(9-14)7-5-10/h4-7,13-14H,8-9H2,1-3H3. The lowest BCUT2D eigenvalue weighted by Gasteiger charge is -2.20. The summed E-state index contributed by atoms with van der Waals surface area (Å²) in [4.78, 5) is 0. The van der Waals surface area contributed by atoms with Crippen molar-refractivity contribution in [2.75, 3.05) is 0 Å². The van der Waals surface area contributed by atoms with Crippen molar-refractivity contribution in [3.63, 3.8) is 0 Å². The van der Waals surface area contributed by atoms with Gasteiger partial charge in [-0.15, -0.1) is 0 Å². The van der Waals surface area contributed by atoms with E-state index in [0.29, 0.717) is 0 Å². The number of hydrogen-bond acceptors (Lipinski definition) is 2. The Balaban J connectivity index is 2.52. The molecule has 0 unspecified atom stereocenters. The molecule has 0 heterocycles. The minimum Gasteiger partial charge on any atom is -0.392 e. The number of rotatable bonds is 3. The third kappa shape index (κ3) is 3.90. The van der Waals surface area contributed by atoms with Crippen molar-refractivity contribution < 1.29 is 5.11 Å². The summed E-state index contributed by atoms with van der Waals surface area (Å²) in [5.74, 6) is 0. The van der Waals surface area contributed by atoms with Gasteiger partial charge in [0.15, 0.2) is 0 Å². The predicted molar refractivity (Wildman–Crippen MR) is 59.0 cm³/mol. The van der Waals surface area contributed by atoms with Crippen molar-refractivity contribution >= 4 is 0 Å². The third-order valence-corrected chi connectivity index (χ3v) is 2.03. The Labute approximate surface area is 86.0 Å². The number of nitrogens with one attached hydrogen (secondary N) is 1. The van der Waals surface area contributed by atoms with E-state index >= 15 is 0 Å². The molecule has 0 aliphatic rings. The first kappa shape index (κ1) is 11.2. The van der Waals surface area contributed by atoms with Crippen molar-refractivity contribution in [2.24, 2.45) is 0 Å². The van der Waals surface area contributed by atoms with Gasteiger partial charge in [0.2, 0.25) is 0 Å². The number of benzene rings is 1. The molecule has 1 aromatic carbocycles. The Morgan fingerprint density at radius 1 is 1.07 bits per heavy atom. The molecule has 2 N–H and O–H groups in total. The van der Waals surface area contributed by atoms with Gasteiger partial charge in [-0.2, -0.15) is 0 Å². The van der Waals surface area contributed by atoms with Crippen molar-refractivity contribution in [2.45, 2.75) is 39.5 Å². The van der Waals surface area contributed by atoms with Crippen LogP contribution in [0.2, 0.25) is 0 Å². The summed E-state index contributed by atoms with van der Waals surface area (Å²) in [6, 6.07) is 8.01. The fourth-order valence-corrected chi connectivity index (χ4v) is 1.13. The monoisotopic (exact) mass is 193 g/mol. The Hall–Kier alpha value is -0.860. The molecule has 0 radical (unpaired) electrons. The Morgan fingerprint density at radius 3 is 2.00 bits per heavy atom. The first-order valence-corrected chi connectivity index (χ1v) is 4.95. The summed E-state index contributed by atoms with van der Waals surface area (Å²) in [5, 5.41) is 12.3. The van der Waals surface area contributed by atoms with Gasteiger partial charge in [-0.3, -0.25) is 0 Å². The van der Waals surface area contributed by atoms with Crippen LogP contribution in [0, 0.1) is 0 Å². The fraction of sp³-hybridized carbons (Fsp3) is 0.500. The van der Waals surface area contributed by atoms with Gasteiger partial charge in [0.1, 0.15) is 0 Å². The third-order valence-electron chi connectivity index (χ3n) is 2.03. The van der Waals surface area contributed by atoms with Gasteiger partial charge in [0, 0.05) is 12.1 Å². The van der Waals surface area contributed by atoms with E-state index in [1.54, 1.807) is 0 Å². The normalized spacial score (nSPS) is 11.7. The number of hydrogen-bond donors (Lipinski definition) is 2. The fourth-order valence-electron chi connectivity index (χ4n) is 1.13. The lowest BCUT2D eigenvalue weighted by atomic mass is 10.1. The molecule has 0 aliphatic heterocycles. The Kier molecular flexibility index (Phi) is 3.67. The zero-order valence-corrected chi connectivity index (χ0v) is 9.17. The number of aliphatic hydroxyl groups is 1. The number of aliphatic hydroxyl groups excluding tert-OH is 1. The van der Waals surface area contributed by atoms with Crippen LogP contribution in [0.4, 0.5) is 0 Å². The molecule has 14 heavy (non-hydrogen) atoms. The van der Waals surface area contributed by atoms with Crippen LogP contribution in [0.3, 0.4) is 0 Å². The van der Waals surface area contributed by atoms with E-state index in [2.05, 4.69) is 26.1 Å². The summed E-state index contributed by atoms with van der Waals surface area (Å²) in [6.07, 6.45) is 0. The molecule has 0 saturated heterocycles. The molecule has 0 aromatic heterocycles. The average molecular weight is 193 g/mol. The van der Waals surface area contributed by atoms with Gasteiger partial charge in [-0.1, -0.05) is 24.3 Å². The summed E-state index contributed by atoms with van der Waals surface area (Å²) in [5.41, 5.74) is 2.36. The first-order chi connectivity index (χ1) is 6.51. The molecule has 1 aromatic rings. The maximum atomic E-state index is 8.87. The highest BCUT2D eigenvalue weighted by atomic mass is 16.3. The van der Waals surface area contributed by atoms with Gasteiger partial charge >= 0.3 is 0 Å². The van der Waals surface area contributed by atoms with Crippen LogP contribution >= 0.6 is 0 Å². The molecular weight excluding hydrogens is 174 g/mol. The SMILES string of the molecule is CC(C)(C)NCc1ccc(CO)cc1. The minimum absolute atomic E-state index is 0.118. The van der Waals surface area contributed by atoms with Crippen LogP contribution in [0.25, 0.3) is 0 Å². The topological polar surface area (TPSA) is 32.3 Å². The Morgan fingerprint density at radius 2 is 1.57 bits per heavy atom. The Bertz CT molecular complexity index is 271. The lowest BCUT2D eigenvalue weighted by molar-refractivity contribution is 0.282. The van der Waals surface area contributed by atoms with Crippen LogP contribution in [-0.4, -0.2) is 10.6 Å². The van der Waals surface area contributed by atoms with Gasteiger partial charge in [0.25, 0.3) is 0 Å². The largest absolute Gasteiger partial charge is 0.392 e. The highest BCUT2D eigenvalue weighted by molar-refractivity contribution is 5.21. The minimum atomic E-state index is 0.118. The van der Waals surface area contributed by atoms with E-state index in [1.165, 1.54) is 5.56 Å². The second-order valence-corrected chi connectivity index (χ2v) is 4.58. The van der Waals surface area contributed by atoms with Crippen LogP contribution in [0.5, 0.6) is 0 Å². The van der Waals surface area contributed by atoms with Gasteiger partial charge < -0.3 is 10.4 Å². The van der Waals surface area contributed by atoms with Crippen LogP contribution in [0.1, 0.15) is 31.9 Å². The summed E-state index contributed by atoms with van der Waals surface area (Å²) < 4.78 is 0. The molecule has 1 rings (SSSR count). The molecule has 2 heteroatoms.